The zero-order chi connectivity index (χ0) is 13.3. The molecule has 0 aromatic heterocycles. The molecule has 0 atom stereocenters. The normalized spacial score (nSPS) is 10.9. The second-order valence-corrected chi connectivity index (χ2v) is 3.92. The van der Waals surface area contributed by atoms with E-state index in [-0.39, 0.29) is 12.4 Å². The standard InChI is InChI=1S/C13H11F3N2.ClH/c14-13(15,16)9-3-1-8(2-4-9)11-6-5-10(17)7-12(11)18;/h1-7H,17-18H2;1H. The van der Waals surface area contributed by atoms with Crippen LogP contribution < -0.4 is 11.5 Å². The second-order valence-electron chi connectivity index (χ2n) is 3.92. The molecule has 2 aromatic carbocycles. The van der Waals surface area contributed by atoms with Gasteiger partial charge in [-0.3, -0.25) is 0 Å². The van der Waals surface area contributed by atoms with Gasteiger partial charge in [0, 0.05) is 16.9 Å². The lowest BCUT2D eigenvalue weighted by atomic mass is 10.0. The van der Waals surface area contributed by atoms with Crippen LogP contribution in [-0.2, 0) is 6.18 Å². The van der Waals surface area contributed by atoms with Crippen molar-refractivity contribution in [1.29, 1.82) is 0 Å². The minimum atomic E-state index is -4.33. The molecule has 0 aliphatic rings. The minimum Gasteiger partial charge on any atom is -0.399 e. The molecule has 102 valence electrons. The Morgan fingerprint density at radius 1 is 0.842 bits per heavy atom. The summed E-state index contributed by atoms with van der Waals surface area (Å²) in [4.78, 5) is 0. The highest BCUT2D eigenvalue weighted by molar-refractivity contribution is 5.85. The Hall–Kier alpha value is -1.88. The first-order chi connectivity index (χ1) is 8.38. The number of benzene rings is 2. The summed E-state index contributed by atoms with van der Waals surface area (Å²) >= 11 is 0. The van der Waals surface area contributed by atoms with Gasteiger partial charge < -0.3 is 11.5 Å². The van der Waals surface area contributed by atoms with Gasteiger partial charge in [-0.1, -0.05) is 18.2 Å². The summed E-state index contributed by atoms with van der Waals surface area (Å²) in [5.74, 6) is 0. The van der Waals surface area contributed by atoms with E-state index in [0.717, 1.165) is 12.1 Å². The van der Waals surface area contributed by atoms with Crippen molar-refractivity contribution < 1.29 is 13.2 Å². The summed E-state index contributed by atoms with van der Waals surface area (Å²) in [5, 5.41) is 0. The van der Waals surface area contributed by atoms with Crippen molar-refractivity contribution in [1.82, 2.24) is 0 Å². The van der Waals surface area contributed by atoms with Crippen LogP contribution in [0.25, 0.3) is 11.1 Å². The highest BCUT2D eigenvalue weighted by atomic mass is 35.5. The van der Waals surface area contributed by atoms with E-state index in [1.54, 1.807) is 18.2 Å². The molecular formula is C13H12ClF3N2. The lowest BCUT2D eigenvalue weighted by molar-refractivity contribution is -0.137. The molecule has 0 fully saturated rings. The number of halogens is 4. The Labute approximate surface area is 114 Å². The van der Waals surface area contributed by atoms with Gasteiger partial charge in [-0.05, 0) is 29.8 Å². The van der Waals surface area contributed by atoms with E-state index < -0.39 is 11.7 Å². The highest BCUT2D eigenvalue weighted by Crippen LogP contribution is 2.32. The first kappa shape index (κ1) is 15.2. The Balaban J connectivity index is 0.00000180. The van der Waals surface area contributed by atoms with E-state index in [1.165, 1.54) is 12.1 Å². The van der Waals surface area contributed by atoms with E-state index in [0.29, 0.717) is 22.5 Å². The van der Waals surface area contributed by atoms with Gasteiger partial charge in [0.1, 0.15) is 0 Å². The molecule has 0 heterocycles. The molecule has 6 heteroatoms. The first-order valence-electron chi connectivity index (χ1n) is 5.20. The number of anilines is 2. The van der Waals surface area contributed by atoms with Gasteiger partial charge in [0.15, 0.2) is 0 Å². The fourth-order valence-electron chi connectivity index (χ4n) is 1.68. The molecule has 2 nitrogen and oxygen atoms in total. The molecular weight excluding hydrogens is 277 g/mol. The second kappa shape index (κ2) is 5.40. The van der Waals surface area contributed by atoms with Crippen LogP contribution in [0.15, 0.2) is 42.5 Å². The van der Waals surface area contributed by atoms with E-state index in [1.807, 2.05) is 0 Å². The number of rotatable bonds is 1. The van der Waals surface area contributed by atoms with Gasteiger partial charge in [0.05, 0.1) is 5.56 Å². The maximum absolute atomic E-state index is 12.4. The molecule has 0 aliphatic carbocycles. The van der Waals surface area contributed by atoms with Crippen molar-refractivity contribution in [3.63, 3.8) is 0 Å². The number of nitrogen functional groups attached to an aromatic ring is 2. The average molecular weight is 289 g/mol. The molecule has 0 aliphatic heterocycles. The van der Waals surface area contributed by atoms with Crippen molar-refractivity contribution in [3.05, 3.63) is 48.0 Å². The quantitative estimate of drug-likeness (QED) is 0.781. The Bertz CT molecular complexity index is 565. The number of hydrogen-bond donors (Lipinski definition) is 2. The first-order valence-corrected chi connectivity index (χ1v) is 5.20. The molecule has 2 aromatic rings. The van der Waals surface area contributed by atoms with Gasteiger partial charge >= 0.3 is 6.18 Å². The van der Waals surface area contributed by atoms with E-state index in [4.69, 9.17) is 11.5 Å². The Kier molecular flexibility index (Phi) is 4.32. The SMILES string of the molecule is Cl.Nc1ccc(-c2ccc(C(F)(F)F)cc2)c(N)c1. The van der Waals surface area contributed by atoms with Crippen LogP contribution >= 0.6 is 12.4 Å². The monoisotopic (exact) mass is 288 g/mol. The summed E-state index contributed by atoms with van der Waals surface area (Å²) in [7, 11) is 0. The van der Waals surface area contributed by atoms with E-state index in [9.17, 15) is 13.2 Å². The smallest absolute Gasteiger partial charge is 0.399 e. The van der Waals surface area contributed by atoms with Crippen LogP contribution in [0.2, 0.25) is 0 Å². The maximum Gasteiger partial charge on any atom is 0.416 e. The topological polar surface area (TPSA) is 52.0 Å². The van der Waals surface area contributed by atoms with Crippen molar-refractivity contribution in [2.24, 2.45) is 0 Å². The zero-order valence-electron chi connectivity index (χ0n) is 9.74. The number of hydrogen-bond acceptors (Lipinski definition) is 2. The van der Waals surface area contributed by atoms with Crippen molar-refractivity contribution in [2.75, 3.05) is 11.5 Å². The third-order valence-electron chi connectivity index (χ3n) is 2.60. The van der Waals surface area contributed by atoms with E-state index in [2.05, 4.69) is 0 Å². The molecule has 19 heavy (non-hydrogen) atoms. The predicted octanol–water partition coefficient (Wildman–Crippen LogP) is 3.96. The van der Waals surface area contributed by atoms with Crippen molar-refractivity contribution in [3.8, 4) is 11.1 Å². The van der Waals surface area contributed by atoms with Gasteiger partial charge in [-0.25, -0.2) is 0 Å². The third-order valence-corrected chi connectivity index (χ3v) is 2.60. The number of alkyl halides is 3. The minimum absolute atomic E-state index is 0. The zero-order valence-corrected chi connectivity index (χ0v) is 10.6. The summed E-state index contributed by atoms with van der Waals surface area (Å²) in [6.45, 7) is 0. The molecule has 0 saturated carbocycles. The van der Waals surface area contributed by atoms with Gasteiger partial charge in [-0.2, -0.15) is 13.2 Å². The molecule has 0 amide bonds. The fourth-order valence-corrected chi connectivity index (χ4v) is 1.68. The van der Waals surface area contributed by atoms with Gasteiger partial charge in [0.25, 0.3) is 0 Å². The van der Waals surface area contributed by atoms with Crippen LogP contribution in [0, 0.1) is 0 Å². The molecule has 0 unspecified atom stereocenters. The summed E-state index contributed by atoms with van der Waals surface area (Å²) in [6, 6.07) is 9.77. The number of nitrogens with two attached hydrogens (primary N) is 2. The molecule has 0 spiro atoms. The molecule has 0 bridgehead atoms. The summed E-state index contributed by atoms with van der Waals surface area (Å²) in [5.41, 5.74) is 12.9. The predicted molar refractivity (Wildman–Crippen MR) is 73.0 cm³/mol. The fraction of sp³-hybridized carbons (Fsp3) is 0.0769. The molecule has 4 N–H and O–H groups in total. The maximum atomic E-state index is 12.4. The summed E-state index contributed by atoms with van der Waals surface area (Å²) < 4.78 is 37.2. The lowest BCUT2D eigenvalue weighted by Gasteiger charge is -2.09. The largest absolute Gasteiger partial charge is 0.416 e. The molecule has 0 saturated heterocycles. The van der Waals surface area contributed by atoms with Crippen LogP contribution in [-0.4, -0.2) is 0 Å². The Morgan fingerprint density at radius 3 is 1.89 bits per heavy atom. The van der Waals surface area contributed by atoms with Gasteiger partial charge in [-0.15, -0.1) is 12.4 Å². The Morgan fingerprint density at radius 2 is 1.42 bits per heavy atom. The van der Waals surface area contributed by atoms with E-state index >= 15 is 0 Å². The van der Waals surface area contributed by atoms with Crippen molar-refractivity contribution in [2.45, 2.75) is 6.18 Å². The van der Waals surface area contributed by atoms with Crippen LogP contribution in [0.1, 0.15) is 5.56 Å². The highest BCUT2D eigenvalue weighted by Gasteiger charge is 2.29. The van der Waals surface area contributed by atoms with Gasteiger partial charge in [0.2, 0.25) is 0 Å². The lowest BCUT2D eigenvalue weighted by Crippen LogP contribution is -2.04. The molecule has 0 radical (unpaired) electrons. The van der Waals surface area contributed by atoms with Crippen LogP contribution in [0.5, 0.6) is 0 Å². The summed E-state index contributed by atoms with van der Waals surface area (Å²) in [6.07, 6.45) is -4.33. The van der Waals surface area contributed by atoms with Crippen LogP contribution in [0.4, 0.5) is 24.5 Å². The average Bonchev–Trinajstić information content (AvgIpc) is 2.28. The van der Waals surface area contributed by atoms with Crippen LogP contribution in [0.3, 0.4) is 0 Å². The molecule has 2 rings (SSSR count). The van der Waals surface area contributed by atoms with Crippen molar-refractivity contribution >= 4 is 23.8 Å². The third kappa shape index (κ3) is 3.32.